The van der Waals surface area contributed by atoms with Crippen molar-refractivity contribution in [2.75, 3.05) is 19.8 Å². The van der Waals surface area contributed by atoms with Crippen LogP contribution in [0, 0.1) is 0 Å². The molecular formula is C16H23NO4. The maximum Gasteiger partial charge on any atom is 0.330 e. The lowest BCUT2D eigenvalue weighted by Crippen LogP contribution is -2.50. The summed E-state index contributed by atoms with van der Waals surface area (Å²) in [5, 5.41) is 12.7. The van der Waals surface area contributed by atoms with Gasteiger partial charge in [0.1, 0.15) is 11.3 Å². The average molecular weight is 293 g/mol. The molecule has 0 radical (unpaired) electrons. The van der Waals surface area contributed by atoms with Gasteiger partial charge in [-0.1, -0.05) is 12.1 Å². The van der Waals surface area contributed by atoms with Crippen LogP contribution in [0.15, 0.2) is 24.3 Å². The molecule has 2 rings (SSSR count). The Kier molecular flexibility index (Phi) is 5.20. The fraction of sp³-hybridized carbons (Fsp3) is 0.562. The van der Waals surface area contributed by atoms with Gasteiger partial charge in [0.05, 0.1) is 12.7 Å². The molecule has 0 aromatic heterocycles. The summed E-state index contributed by atoms with van der Waals surface area (Å²) in [4.78, 5) is 12.4. The molecule has 1 aromatic rings. The Balaban J connectivity index is 2.16. The number of phenols is 1. The van der Waals surface area contributed by atoms with Crippen LogP contribution in [0.2, 0.25) is 0 Å². The van der Waals surface area contributed by atoms with Crippen molar-refractivity contribution in [3.8, 4) is 5.75 Å². The molecule has 5 heteroatoms. The van der Waals surface area contributed by atoms with Crippen LogP contribution in [-0.2, 0) is 19.8 Å². The molecule has 2 N–H and O–H groups in total. The minimum absolute atomic E-state index is 0.135. The first-order chi connectivity index (χ1) is 10.1. The molecule has 0 aliphatic carbocycles. The summed E-state index contributed by atoms with van der Waals surface area (Å²) in [5.74, 6) is -0.155. The van der Waals surface area contributed by atoms with Crippen LogP contribution in [0.1, 0.15) is 32.3 Å². The number of carbonyl (C=O) groups is 1. The molecule has 0 saturated carbocycles. The molecule has 1 saturated heterocycles. The van der Waals surface area contributed by atoms with Gasteiger partial charge in [-0.15, -0.1) is 0 Å². The first-order valence-electron chi connectivity index (χ1n) is 7.39. The highest BCUT2D eigenvalue weighted by atomic mass is 16.5. The highest BCUT2D eigenvalue weighted by molar-refractivity contribution is 5.82. The molecule has 2 atom stereocenters. The zero-order chi connectivity index (χ0) is 15.3. The van der Waals surface area contributed by atoms with Crippen LogP contribution in [0.3, 0.4) is 0 Å². The van der Waals surface area contributed by atoms with Crippen molar-refractivity contribution in [1.82, 2.24) is 5.32 Å². The number of rotatable bonds is 6. The van der Waals surface area contributed by atoms with Crippen molar-refractivity contribution < 1.29 is 19.4 Å². The van der Waals surface area contributed by atoms with Crippen molar-refractivity contribution >= 4 is 5.97 Å². The van der Waals surface area contributed by atoms with Crippen LogP contribution in [0.4, 0.5) is 0 Å². The smallest absolute Gasteiger partial charge is 0.330 e. The maximum absolute atomic E-state index is 12.4. The third-order valence-electron chi connectivity index (χ3n) is 3.84. The van der Waals surface area contributed by atoms with E-state index in [2.05, 4.69) is 5.32 Å². The number of hydrogen-bond donors (Lipinski definition) is 2. The SMILES string of the molecule is CCOC(=O)C(C)(NCC1CCCO1)c1ccc(O)cc1. The Morgan fingerprint density at radius 3 is 2.76 bits per heavy atom. The molecule has 1 aliphatic heterocycles. The Morgan fingerprint density at radius 1 is 1.48 bits per heavy atom. The third kappa shape index (κ3) is 3.74. The fourth-order valence-electron chi connectivity index (χ4n) is 2.49. The van der Waals surface area contributed by atoms with Crippen LogP contribution in [0.25, 0.3) is 0 Å². The van der Waals surface area contributed by atoms with Gasteiger partial charge in [0.25, 0.3) is 0 Å². The predicted molar refractivity (Wildman–Crippen MR) is 79.1 cm³/mol. The van der Waals surface area contributed by atoms with Gasteiger partial charge in [0.15, 0.2) is 0 Å². The molecule has 0 spiro atoms. The number of esters is 1. The summed E-state index contributed by atoms with van der Waals surface area (Å²) >= 11 is 0. The minimum atomic E-state index is -0.949. The van der Waals surface area contributed by atoms with Crippen LogP contribution in [0.5, 0.6) is 5.75 Å². The molecule has 0 amide bonds. The second-order valence-corrected chi connectivity index (χ2v) is 5.41. The van der Waals surface area contributed by atoms with E-state index < -0.39 is 5.54 Å². The Labute approximate surface area is 125 Å². The highest BCUT2D eigenvalue weighted by Gasteiger charge is 2.37. The van der Waals surface area contributed by atoms with Gasteiger partial charge in [-0.3, -0.25) is 5.32 Å². The lowest BCUT2D eigenvalue weighted by atomic mass is 9.91. The van der Waals surface area contributed by atoms with Crippen molar-refractivity contribution in [2.24, 2.45) is 0 Å². The van der Waals surface area contributed by atoms with E-state index in [-0.39, 0.29) is 17.8 Å². The molecule has 21 heavy (non-hydrogen) atoms. The molecule has 1 aromatic carbocycles. The Morgan fingerprint density at radius 2 is 2.19 bits per heavy atom. The molecule has 1 aliphatic rings. The van der Waals surface area contributed by atoms with Gasteiger partial charge >= 0.3 is 5.97 Å². The quantitative estimate of drug-likeness (QED) is 0.785. The van der Waals surface area contributed by atoms with Gasteiger partial charge in [0, 0.05) is 13.2 Å². The Bertz CT molecular complexity index is 468. The molecule has 2 unspecified atom stereocenters. The van der Waals surface area contributed by atoms with E-state index in [9.17, 15) is 9.90 Å². The van der Waals surface area contributed by atoms with Crippen molar-refractivity contribution in [3.05, 3.63) is 29.8 Å². The number of aromatic hydroxyl groups is 1. The number of carbonyl (C=O) groups excluding carboxylic acids is 1. The van der Waals surface area contributed by atoms with E-state index in [1.807, 2.05) is 0 Å². The summed E-state index contributed by atoms with van der Waals surface area (Å²) in [6.45, 7) is 5.29. The van der Waals surface area contributed by atoms with Crippen LogP contribution in [-0.4, -0.2) is 36.9 Å². The topological polar surface area (TPSA) is 67.8 Å². The van der Waals surface area contributed by atoms with E-state index in [1.54, 1.807) is 38.1 Å². The lowest BCUT2D eigenvalue weighted by molar-refractivity contribution is -0.151. The Hall–Kier alpha value is -1.59. The van der Waals surface area contributed by atoms with Gasteiger partial charge in [-0.25, -0.2) is 4.79 Å². The lowest BCUT2D eigenvalue weighted by Gasteiger charge is -2.30. The number of nitrogens with one attached hydrogen (secondary N) is 1. The van der Waals surface area contributed by atoms with Crippen LogP contribution < -0.4 is 5.32 Å². The van der Waals surface area contributed by atoms with Gasteiger partial charge in [0.2, 0.25) is 0 Å². The zero-order valence-corrected chi connectivity index (χ0v) is 12.6. The number of benzene rings is 1. The third-order valence-corrected chi connectivity index (χ3v) is 3.84. The van der Waals surface area contributed by atoms with E-state index in [4.69, 9.17) is 9.47 Å². The van der Waals surface area contributed by atoms with Crippen molar-refractivity contribution in [1.29, 1.82) is 0 Å². The normalized spacial score (nSPS) is 21.0. The number of phenolic OH excluding ortho intramolecular Hbond substituents is 1. The summed E-state index contributed by atoms with van der Waals surface area (Å²) in [7, 11) is 0. The predicted octanol–water partition coefficient (Wildman–Crippen LogP) is 1.94. The van der Waals surface area contributed by atoms with Crippen molar-refractivity contribution in [2.45, 2.75) is 38.3 Å². The average Bonchev–Trinajstić information content (AvgIpc) is 2.99. The molecule has 116 valence electrons. The van der Waals surface area contributed by atoms with Gasteiger partial charge in [-0.05, 0) is 44.4 Å². The van der Waals surface area contributed by atoms with E-state index in [0.29, 0.717) is 13.2 Å². The molecule has 0 bridgehead atoms. The van der Waals surface area contributed by atoms with E-state index in [1.165, 1.54) is 0 Å². The van der Waals surface area contributed by atoms with E-state index in [0.717, 1.165) is 25.0 Å². The summed E-state index contributed by atoms with van der Waals surface area (Å²) in [6.07, 6.45) is 2.19. The van der Waals surface area contributed by atoms with Gasteiger partial charge < -0.3 is 14.6 Å². The molecule has 5 nitrogen and oxygen atoms in total. The molecule has 1 heterocycles. The first-order valence-corrected chi connectivity index (χ1v) is 7.39. The molecular weight excluding hydrogens is 270 g/mol. The van der Waals surface area contributed by atoms with Crippen molar-refractivity contribution in [3.63, 3.8) is 0 Å². The second kappa shape index (κ2) is 6.91. The summed E-state index contributed by atoms with van der Waals surface area (Å²) in [5.41, 5.74) is -0.188. The van der Waals surface area contributed by atoms with Gasteiger partial charge in [-0.2, -0.15) is 0 Å². The monoisotopic (exact) mass is 293 g/mol. The van der Waals surface area contributed by atoms with Crippen LogP contribution >= 0.6 is 0 Å². The standard InChI is InChI=1S/C16H23NO4/c1-3-20-15(19)16(2,12-6-8-13(18)9-7-12)17-11-14-5-4-10-21-14/h6-9,14,17-18H,3-5,10-11H2,1-2H3. The minimum Gasteiger partial charge on any atom is -0.508 e. The largest absolute Gasteiger partial charge is 0.508 e. The number of ether oxygens (including phenoxy) is 2. The summed E-state index contributed by atoms with van der Waals surface area (Å²) < 4.78 is 10.8. The number of hydrogen-bond acceptors (Lipinski definition) is 5. The summed E-state index contributed by atoms with van der Waals surface area (Å²) in [6, 6.07) is 6.60. The zero-order valence-electron chi connectivity index (χ0n) is 12.6. The first kappa shape index (κ1) is 15.8. The maximum atomic E-state index is 12.4. The fourth-order valence-corrected chi connectivity index (χ4v) is 2.49. The van der Waals surface area contributed by atoms with E-state index >= 15 is 0 Å². The highest BCUT2D eigenvalue weighted by Crippen LogP contribution is 2.25. The second-order valence-electron chi connectivity index (χ2n) is 5.41. The molecule has 1 fully saturated rings.